The molecule has 250 valence electrons. The number of amides is 2. The highest BCUT2D eigenvalue weighted by Gasteiger charge is 2.31. The Morgan fingerprint density at radius 2 is 1.83 bits per heavy atom. The second-order valence-electron chi connectivity index (χ2n) is 9.61. The topological polar surface area (TPSA) is 155 Å². The summed E-state index contributed by atoms with van der Waals surface area (Å²) in [6.07, 6.45) is -8.90. The number of carbonyl (C=O) groups is 2. The van der Waals surface area contributed by atoms with Crippen LogP contribution in [-0.4, -0.2) is 54.1 Å². The van der Waals surface area contributed by atoms with Gasteiger partial charge in [-0.1, -0.05) is 17.3 Å². The molecule has 3 heterocycles. The molecule has 0 aliphatic rings. The number of carbonyl (C=O) groups excluding carboxylic acids is 2. The summed E-state index contributed by atoms with van der Waals surface area (Å²) in [5.41, 5.74) is -1.81. The number of hydrogen-bond acceptors (Lipinski definition) is 9. The fourth-order valence-corrected chi connectivity index (χ4v) is 3.87. The van der Waals surface area contributed by atoms with Crippen molar-refractivity contribution in [1.29, 1.82) is 0 Å². The first kappa shape index (κ1) is 34.3. The van der Waals surface area contributed by atoms with Gasteiger partial charge in [-0.25, -0.2) is 18.7 Å². The molecule has 47 heavy (non-hydrogen) atoms. The highest BCUT2D eigenvalue weighted by atomic mass is 19.4. The van der Waals surface area contributed by atoms with Crippen molar-refractivity contribution in [2.75, 3.05) is 5.32 Å². The van der Waals surface area contributed by atoms with E-state index in [9.17, 15) is 45.1 Å². The van der Waals surface area contributed by atoms with Crippen LogP contribution in [0.5, 0.6) is 5.75 Å². The molecule has 0 fully saturated rings. The van der Waals surface area contributed by atoms with Crippen molar-refractivity contribution in [2.24, 2.45) is 0 Å². The lowest BCUT2D eigenvalue weighted by Gasteiger charge is -2.11. The van der Waals surface area contributed by atoms with Crippen molar-refractivity contribution < 1.29 is 49.8 Å². The standard InChI is InChI=1S/C27H23F7N8O5/c28-18(13-42-14-21(39-40-42)23(43)36-12-19-11-17(4-7-35-19)26(29,30)31)5-8-41-9-6-22(37-24(41)44)38-25(45)46-15-16-2-1-3-20(10-16)47-27(32,33)34/h1-4,6-7,9-11,14,18H,5,8,12-13,15H2,(H,36,43)(H,37,38,44,45). The summed E-state index contributed by atoms with van der Waals surface area (Å²) in [5.74, 6) is -1.47. The summed E-state index contributed by atoms with van der Waals surface area (Å²) < 4.78 is 101. The maximum Gasteiger partial charge on any atom is 0.573 e. The van der Waals surface area contributed by atoms with E-state index in [2.05, 4.69) is 35.7 Å². The van der Waals surface area contributed by atoms with E-state index in [1.54, 1.807) is 0 Å². The van der Waals surface area contributed by atoms with Crippen molar-refractivity contribution in [3.63, 3.8) is 0 Å². The van der Waals surface area contributed by atoms with Gasteiger partial charge in [-0.05, 0) is 42.3 Å². The van der Waals surface area contributed by atoms with Crippen LogP contribution in [0.1, 0.15) is 33.7 Å². The molecule has 0 bridgehead atoms. The second kappa shape index (κ2) is 14.7. The number of pyridine rings is 1. The summed E-state index contributed by atoms with van der Waals surface area (Å²) in [6.45, 7) is -1.20. The Labute approximate surface area is 259 Å². The first-order chi connectivity index (χ1) is 22.1. The number of nitrogens with one attached hydrogen (secondary N) is 2. The molecular formula is C27H23F7N8O5. The van der Waals surface area contributed by atoms with E-state index in [-0.39, 0.29) is 48.8 Å². The number of alkyl halides is 7. The molecule has 4 rings (SSSR count). The Balaban J connectivity index is 1.21. The van der Waals surface area contributed by atoms with Crippen LogP contribution < -0.4 is 21.1 Å². The molecule has 2 N–H and O–H groups in total. The molecule has 0 radical (unpaired) electrons. The molecule has 0 saturated heterocycles. The molecule has 1 aromatic carbocycles. The maximum atomic E-state index is 14.6. The van der Waals surface area contributed by atoms with Crippen molar-refractivity contribution in [3.05, 3.63) is 94.1 Å². The number of aryl methyl sites for hydroxylation is 1. The number of hydrogen-bond donors (Lipinski definition) is 2. The molecule has 3 aromatic heterocycles. The Bertz CT molecular complexity index is 1760. The molecule has 13 nitrogen and oxygen atoms in total. The van der Waals surface area contributed by atoms with E-state index in [0.717, 1.165) is 45.9 Å². The third-order valence-corrected chi connectivity index (χ3v) is 6.02. The lowest BCUT2D eigenvalue weighted by molar-refractivity contribution is -0.274. The summed E-state index contributed by atoms with van der Waals surface area (Å²) in [6, 6.07) is 7.60. The number of nitrogens with zero attached hydrogens (tertiary/aromatic N) is 6. The van der Waals surface area contributed by atoms with E-state index >= 15 is 0 Å². The highest BCUT2D eigenvalue weighted by molar-refractivity contribution is 5.91. The first-order valence-corrected chi connectivity index (χ1v) is 13.3. The molecule has 0 spiro atoms. The molecule has 4 aromatic rings. The number of rotatable bonds is 12. The predicted molar refractivity (Wildman–Crippen MR) is 145 cm³/mol. The largest absolute Gasteiger partial charge is 0.573 e. The van der Waals surface area contributed by atoms with Crippen LogP contribution in [0.3, 0.4) is 0 Å². The fraction of sp³-hybridized carbons (Fsp3) is 0.296. The first-order valence-electron chi connectivity index (χ1n) is 13.3. The molecule has 0 aliphatic carbocycles. The van der Waals surface area contributed by atoms with Gasteiger partial charge in [0, 0.05) is 18.9 Å². The van der Waals surface area contributed by atoms with Gasteiger partial charge >= 0.3 is 24.3 Å². The van der Waals surface area contributed by atoms with E-state index in [0.29, 0.717) is 0 Å². The van der Waals surface area contributed by atoms with Crippen molar-refractivity contribution >= 4 is 17.8 Å². The zero-order valence-corrected chi connectivity index (χ0v) is 23.8. The lowest BCUT2D eigenvalue weighted by Crippen LogP contribution is -2.26. The SMILES string of the molecule is O=C(Nc1ccn(CCC(F)Cn2cc(C(=O)NCc3cc(C(F)(F)F)ccn3)nn2)c(=O)n1)OCc1cccc(OC(F)(F)F)c1. The van der Waals surface area contributed by atoms with E-state index in [1.807, 2.05) is 0 Å². The number of anilines is 1. The van der Waals surface area contributed by atoms with Crippen molar-refractivity contribution in [1.82, 2.24) is 34.8 Å². The number of halogens is 7. The molecular weight excluding hydrogens is 649 g/mol. The van der Waals surface area contributed by atoms with Crippen LogP contribution in [0.25, 0.3) is 0 Å². The van der Waals surface area contributed by atoms with Gasteiger partial charge < -0.3 is 14.8 Å². The monoisotopic (exact) mass is 672 g/mol. The normalized spacial score (nSPS) is 12.3. The van der Waals surface area contributed by atoms with Gasteiger partial charge in [0.25, 0.3) is 5.91 Å². The average molecular weight is 673 g/mol. The lowest BCUT2D eigenvalue weighted by atomic mass is 10.2. The van der Waals surface area contributed by atoms with Gasteiger partial charge in [0.1, 0.15) is 24.3 Å². The molecule has 1 atom stereocenters. The van der Waals surface area contributed by atoms with Crippen molar-refractivity contribution in [2.45, 2.75) is 51.4 Å². The minimum absolute atomic E-state index is 0.0409. The number of benzene rings is 1. The third-order valence-electron chi connectivity index (χ3n) is 6.02. The van der Waals surface area contributed by atoms with Crippen LogP contribution in [0.4, 0.5) is 41.3 Å². The second-order valence-corrected chi connectivity index (χ2v) is 9.61. The average Bonchev–Trinajstić information content (AvgIpc) is 3.46. The van der Waals surface area contributed by atoms with Gasteiger partial charge in [0.15, 0.2) is 5.69 Å². The zero-order chi connectivity index (χ0) is 34.2. The van der Waals surface area contributed by atoms with Gasteiger partial charge in [-0.15, -0.1) is 18.3 Å². The number of aromatic nitrogens is 6. The summed E-state index contributed by atoms with van der Waals surface area (Å²) in [7, 11) is 0. The molecule has 20 heteroatoms. The van der Waals surface area contributed by atoms with Crippen LogP contribution >= 0.6 is 0 Å². The predicted octanol–water partition coefficient (Wildman–Crippen LogP) is 4.25. The summed E-state index contributed by atoms with van der Waals surface area (Å²) in [5, 5.41) is 11.8. The highest BCUT2D eigenvalue weighted by Crippen LogP contribution is 2.29. The molecule has 0 aliphatic heterocycles. The third kappa shape index (κ3) is 10.8. The van der Waals surface area contributed by atoms with Crippen LogP contribution in [0.15, 0.2) is 65.8 Å². The molecule has 0 saturated carbocycles. The smallest absolute Gasteiger partial charge is 0.444 e. The molecule has 2 amide bonds. The Morgan fingerprint density at radius 3 is 2.55 bits per heavy atom. The maximum absolute atomic E-state index is 14.6. The Hall–Kier alpha value is -5.56. The van der Waals surface area contributed by atoms with Crippen LogP contribution in [0.2, 0.25) is 0 Å². The minimum Gasteiger partial charge on any atom is -0.444 e. The van der Waals surface area contributed by atoms with Gasteiger partial charge in [0.2, 0.25) is 0 Å². The van der Waals surface area contributed by atoms with Gasteiger partial charge in [0.05, 0.1) is 30.5 Å². The zero-order valence-electron chi connectivity index (χ0n) is 23.8. The van der Waals surface area contributed by atoms with Crippen LogP contribution in [-0.2, 0) is 37.2 Å². The van der Waals surface area contributed by atoms with Gasteiger partial charge in [-0.3, -0.25) is 19.7 Å². The number of ether oxygens (including phenoxy) is 2. The summed E-state index contributed by atoms with van der Waals surface area (Å²) >= 11 is 0. The Morgan fingerprint density at radius 1 is 1.04 bits per heavy atom. The summed E-state index contributed by atoms with van der Waals surface area (Å²) in [4.78, 5) is 44.1. The fourth-order valence-electron chi connectivity index (χ4n) is 3.87. The minimum atomic E-state index is -4.89. The van der Waals surface area contributed by atoms with Crippen LogP contribution in [0, 0.1) is 0 Å². The molecule has 1 unspecified atom stereocenters. The van der Waals surface area contributed by atoms with E-state index in [4.69, 9.17) is 4.74 Å². The van der Waals surface area contributed by atoms with E-state index < -0.39 is 54.3 Å². The van der Waals surface area contributed by atoms with Gasteiger partial charge in [-0.2, -0.15) is 18.2 Å². The quantitative estimate of drug-likeness (QED) is 0.210. The Kier molecular flexibility index (Phi) is 10.7. The van der Waals surface area contributed by atoms with E-state index in [1.165, 1.54) is 24.4 Å². The van der Waals surface area contributed by atoms with Crippen molar-refractivity contribution in [3.8, 4) is 5.75 Å².